The third-order valence-corrected chi connectivity index (χ3v) is 2.89. The van der Waals surface area contributed by atoms with Gasteiger partial charge in [-0.05, 0) is 58.4 Å². The molecule has 20 heavy (non-hydrogen) atoms. The largest absolute Gasteiger partial charge is 0.497 e. The molecule has 2 rings (SSSR count). The Hall–Kier alpha value is -2.01. The van der Waals surface area contributed by atoms with Crippen LogP contribution in [0.5, 0.6) is 11.5 Å². The molecule has 0 atom stereocenters. The molecule has 0 fully saturated rings. The standard InChI is InChI=1S/C15H14BrNO3/c1-19-13-7-5-12(6-8-13)17-15(18)11-3-2-4-14(9-11)20-10-16/h2-9H,10H2,1H3,(H,17,18). The van der Waals surface area contributed by atoms with Gasteiger partial charge in [0.1, 0.15) is 17.0 Å². The summed E-state index contributed by atoms with van der Waals surface area (Å²) >= 11 is 3.18. The second kappa shape index (κ2) is 6.96. The molecule has 0 aromatic heterocycles. The molecule has 0 spiro atoms. The van der Waals surface area contributed by atoms with Crippen LogP contribution in [0.3, 0.4) is 0 Å². The summed E-state index contributed by atoms with van der Waals surface area (Å²) < 4.78 is 10.4. The zero-order valence-corrected chi connectivity index (χ0v) is 12.5. The Morgan fingerprint density at radius 1 is 1.15 bits per heavy atom. The van der Waals surface area contributed by atoms with E-state index in [1.54, 1.807) is 55.6 Å². The third kappa shape index (κ3) is 3.74. The van der Waals surface area contributed by atoms with Gasteiger partial charge >= 0.3 is 0 Å². The number of alkyl halides is 1. The lowest BCUT2D eigenvalue weighted by Crippen LogP contribution is -2.11. The summed E-state index contributed by atoms with van der Waals surface area (Å²) in [4.78, 5) is 12.1. The number of carbonyl (C=O) groups excluding carboxylic acids is 1. The van der Waals surface area contributed by atoms with Crippen molar-refractivity contribution in [3.05, 3.63) is 54.1 Å². The molecule has 0 radical (unpaired) electrons. The Morgan fingerprint density at radius 2 is 1.90 bits per heavy atom. The Balaban J connectivity index is 2.08. The average Bonchev–Trinajstić information content (AvgIpc) is 2.48. The van der Waals surface area contributed by atoms with E-state index in [0.717, 1.165) is 5.75 Å². The van der Waals surface area contributed by atoms with Gasteiger partial charge in [-0.2, -0.15) is 0 Å². The van der Waals surface area contributed by atoms with Crippen LogP contribution in [-0.2, 0) is 0 Å². The Labute approximate surface area is 125 Å². The fourth-order valence-corrected chi connectivity index (χ4v) is 1.93. The first-order valence-electron chi connectivity index (χ1n) is 5.97. The number of halogens is 1. The van der Waals surface area contributed by atoms with Crippen LogP contribution in [-0.4, -0.2) is 18.5 Å². The first kappa shape index (κ1) is 14.4. The third-order valence-electron chi connectivity index (χ3n) is 2.67. The fourth-order valence-electron chi connectivity index (χ4n) is 1.67. The Morgan fingerprint density at radius 3 is 2.55 bits per heavy atom. The maximum Gasteiger partial charge on any atom is 0.255 e. The van der Waals surface area contributed by atoms with Crippen LogP contribution in [0.4, 0.5) is 5.69 Å². The second-order valence-corrected chi connectivity index (χ2v) is 4.42. The van der Waals surface area contributed by atoms with Crippen LogP contribution in [0.2, 0.25) is 0 Å². The van der Waals surface area contributed by atoms with E-state index in [9.17, 15) is 4.79 Å². The minimum atomic E-state index is -0.185. The Bertz CT molecular complexity index is 584. The maximum atomic E-state index is 12.1. The molecule has 5 heteroatoms. The van der Waals surface area contributed by atoms with E-state index in [-0.39, 0.29) is 5.91 Å². The summed E-state index contributed by atoms with van der Waals surface area (Å²) in [6.07, 6.45) is 0. The molecular formula is C15H14BrNO3. The molecule has 2 aromatic carbocycles. The summed E-state index contributed by atoms with van der Waals surface area (Å²) in [5, 5.41) is 2.82. The molecule has 1 amide bonds. The van der Waals surface area contributed by atoms with Gasteiger partial charge in [0.25, 0.3) is 5.91 Å². The highest BCUT2D eigenvalue weighted by Crippen LogP contribution is 2.18. The first-order chi connectivity index (χ1) is 9.72. The van der Waals surface area contributed by atoms with Gasteiger partial charge in [0.15, 0.2) is 0 Å². The van der Waals surface area contributed by atoms with E-state index in [0.29, 0.717) is 22.5 Å². The highest BCUT2D eigenvalue weighted by Gasteiger charge is 2.07. The molecule has 2 aromatic rings. The van der Waals surface area contributed by atoms with E-state index < -0.39 is 0 Å². The predicted molar refractivity (Wildman–Crippen MR) is 81.8 cm³/mol. The summed E-state index contributed by atoms with van der Waals surface area (Å²) in [6, 6.07) is 14.2. The number of benzene rings is 2. The second-order valence-electron chi connectivity index (χ2n) is 3.96. The van der Waals surface area contributed by atoms with Gasteiger partial charge in [-0.1, -0.05) is 6.07 Å². The number of methoxy groups -OCH3 is 1. The number of rotatable bonds is 5. The Kier molecular flexibility index (Phi) is 5.01. The lowest BCUT2D eigenvalue weighted by molar-refractivity contribution is 0.102. The lowest BCUT2D eigenvalue weighted by atomic mass is 10.2. The monoisotopic (exact) mass is 335 g/mol. The number of ether oxygens (including phenoxy) is 2. The zero-order chi connectivity index (χ0) is 14.4. The molecule has 0 aliphatic carbocycles. The molecule has 4 nitrogen and oxygen atoms in total. The normalized spacial score (nSPS) is 9.90. The van der Waals surface area contributed by atoms with Crippen LogP contribution in [0.25, 0.3) is 0 Å². The van der Waals surface area contributed by atoms with Crippen molar-refractivity contribution in [2.24, 2.45) is 0 Å². The topological polar surface area (TPSA) is 47.6 Å². The van der Waals surface area contributed by atoms with E-state index in [1.165, 1.54) is 0 Å². The molecule has 0 aliphatic rings. The molecule has 0 heterocycles. The highest BCUT2D eigenvalue weighted by atomic mass is 79.9. The summed E-state index contributed by atoms with van der Waals surface area (Å²) in [5.74, 6) is 1.20. The van der Waals surface area contributed by atoms with Crippen LogP contribution in [0.1, 0.15) is 10.4 Å². The molecule has 0 bridgehead atoms. The first-order valence-corrected chi connectivity index (χ1v) is 7.09. The summed E-state index contributed by atoms with van der Waals surface area (Å²) in [7, 11) is 1.60. The van der Waals surface area contributed by atoms with E-state index in [4.69, 9.17) is 9.47 Å². The summed E-state index contributed by atoms with van der Waals surface area (Å²) in [5.41, 5.74) is 1.64. The molecule has 0 aliphatic heterocycles. The number of carbonyl (C=O) groups is 1. The number of anilines is 1. The molecule has 0 unspecified atom stereocenters. The quantitative estimate of drug-likeness (QED) is 0.848. The van der Waals surface area contributed by atoms with Crippen molar-refractivity contribution in [1.29, 1.82) is 0 Å². The van der Waals surface area contributed by atoms with Crippen molar-refractivity contribution in [3.8, 4) is 11.5 Å². The molecule has 0 saturated heterocycles. The number of nitrogens with one attached hydrogen (secondary N) is 1. The SMILES string of the molecule is COc1ccc(NC(=O)c2cccc(OCBr)c2)cc1. The van der Waals surface area contributed by atoms with Crippen LogP contribution in [0.15, 0.2) is 48.5 Å². The number of hydrogen-bond acceptors (Lipinski definition) is 3. The number of hydrogen-bond donors (Lipinski definition) is 1. The van der Waals surface area contributed by atoms with Crippen molar-refractivity contribution in [3.63, 3.8) is 0 Å². The van der Waals surface area contributed by atoms with Gasteiger partial charge in [-0.3, -0.25) is 4.79 Å². The van der Waals surface area contributed by atoms with Gasteiger partial charge < -0.3 is 14.8 Å². The smallest absolute Gasteiger partial charge is 0.255 e. The maximum absolute atomic E-state index is 12.1. The average molecular weight is 336 g/mol. The van der Waals surface area contributed by atoms with Crippen LogP contribution < -0.4 is 14.8 Å². The van der Waals surface area contributed by atoms with Gasteiger partial charge in [0.05, 0.1) is 7.11 Å². The van der Waals surface area contributed by atoms with E-state index >= 15 is 0 Å². The van der Waals surface area contributed by atoms with Crippen molar-refractivity contribution in [2.75, 3.05) is 17.9 Å². The van der Waals surface area contributed by atoms with Crippen LogP contribution in [0, 0.1) is 0 Å². The minimum Gasteiger partial charge on any atom is -0.497 e. The summed E-state index contributed by atoms with van der Waals surface area (Å²) in [6.45, 7) is 0. The molecule has 1 N–H and O–H groups in total. The van der Waals surface area contributed by atoms with Crippen LogP contribution >= 0.6 is 15.9 Å². The lowest BCUT2D eigenvalue weighted by Gasteiger charge is -2.08. The van der Waals surface area contributed by atoms with Gasteiger partial charge in [0.2, 0.25) is 0 Å². The van der Waals surface area contributed by atoms with Gasteiger partial charge in [0, 0.05) is 11.3 Å². The zero-order valence-electron chi connectivity index (χ0n) is 10.9. The van der Waals surface area contributed by atoms with Crippen molar-refractivity contribution >= 4 is 27.5 Å². The van der Waals surface area contributed by atoms with Gasteiger partial charge in [-0.25, -0.2) is 0 Å². The molecule has 0 saturated carbocycles. The highest BCUT2D eigenvalue weighted by molar-refractivity contribution is 9.09. The fraction of sp³-hybridized carbons (Fsp3) is 0.133. The molecule has 104 valence electrons. The molecular weight excluding hydrogens is 322 g/mol. The van der Waals surface area contributed by atoms with Gasteiger partial charge in [-0.15, -0.1) is 0 Å². The van der Waals surface area contributed by atoms with Crippen molar-refractivity contribution in [1.82, 2.24) is 0 Å². The van der Waals surface area contributed by atoms with Crippen molar-refractivity contribution < 1.29 is 14.3 Å². The predicted octanol–water partition coefficient (Wildman–Crippen LogP) is 3.68. The minimum absolute atomic E-state index is 0.185. The van der Waals surface area contributed by atoms with E-state index in [2.05, 4.69) is 21.2 Å². The van der Waals surface area contributed by atoms with E-state index in [1.807, 2.05) is 0 Å². The van der Waals surface area contributed by atoms with Crippen molar-refractivity contribution in [2.45, 2.75) is 0 Å². The number of amides is 1.